The molecular formula is C24H32O7. The Kier molecular flexibility index (Phi) is 6.04. The lowest BCUT2D eigenvalue weighted by Gasteiger charge is -2.56. The molecule has 0 aromatic carbocycles. The number of rotatable bonds is 2. The summed E-state index contributed by atoms with van der Waals surface area (Å²) < 4.78 is 11.2. The molecule has 0 radical (unpaired) electrons. The normalized spacial score (nSPS) is 37.5. The highest BCUT2D eigenvalue weighted by Gasteiger charge is 2.62. The van der Waals surface area contributed by atoms with Crippen molar-refractivity contribution < 1.29 is 33.8 Å². The van der Waals surface area contributed by atoms with Crippen molar-refractivity contribution in [2.24, 2.45) is 22.7 Å². The number of fused-ring (bicyclic) bond motifs is 2. The van der Waals surface area contributed by atoms with E-state index in [0.29, 0.717) is 17.6 Å². The molecule has 7 heteroatoms. The van der Waals surface area contributed by atoms with E-state index >= 15 is 0 Å². The van der Waals surface area contributed by atoms with Gasteiger partial charge in [0.2, 0.25) is 0 Å². The van der Waals surface area contributed by atoms with Gasteiger partial charge in [0, 0.05) is 43.6 Å². The first-order valence-electron chi connectivity index (χ1n) is 10.8. The van der Waals surface area contributed by atoms with Crippen LogP contribution in [0.4, 0.5) is 0 Å². The van der Waals surface area contributed by atoms with Crippen LogP contribution in [0.15, 0.2) is 23.8 Å². The summed E-state index contributed by atoms with van der Waals surface area (Å²) in [6.07, 6.45) is 0.0921. The fraction of sp³-hybridized carbons (Fsp3) is 0.667. The quantitative estimate of drug-likeness (QED) is 0.528. The number of carbonyl (C=O) groups is 4. The Hall–Kier alpha value is -2.28. The third-order valence-corrected chi connectivity index (χ3v) is 7.65. The molecule has 0 saturated heterocycles. The van der Waals surface area contributed by atoms with E-state index in [2.05, 4.69) is 6.58 Å². The largest absolute Gasteiger partial charge is 0.462 e. The van der Waals surface area contributed by atoms with Crippen LogP contribution < -0.4 is 0 Å². The van der Waals surface area contributed by atoms with E-state index in [4.69, 9.17) is 9.47 Å². The van der Waals surface area contributed by atoms with Crippen LogP contribution in [-0.4, -0.2) is 46.9 Å². The zero-order valence-electron chi connectivity index (χ0n) is 18.9. The van der Waals surface area contributed by atoms with Crippen LogP contribution in [0.25, 0.3) is 0 Å². The summed E-state index contributed by atoms with van der Waals surface area (Å²) in [6.45, 7) is 12.0. The van der Waals surface area contributed by atoms with Gasteiger partial charge in [0.05, 0.1) is 11.5 Å². The van der Waals surface area contributed by atoms with Gasteiger partial charge in [-0.25, -0.2) is 0 Å². The average Bonchev–Trinajstić information content (AvgIpc) is 2.94. The van der Waals surface area contributed by atoms with Gasteiger partial charge in [-0.3, -0.25) is 19.2 Å². The smallest absolute Gasteiger partial charge is 0.302 e. The molecule has 3 rings (SSSR count). The summed E-state index contributed by atoms with van der Waals surface area (Å²) >= 11 is 0. The summed E-state index contributed by atoms with van der Waals surface area (Å²) in [5, 5.41) is 11.1. The highest BCUT2D eigenvalue weighted by atomic mass is 16.6. The molecule has 0 aromatic heterocycles. The zero-order chi connectivity index (χ0) is 23.3. The minimum atomic E-state index is -1.10. The van der Waals surface area contributed by atoms with Gasteiger partial charge in [0.25, 0.3) is 0 Å². The minimum absolute atomic E-state index is 0.0886. The second-order valence-corrected chi connectivity index (χ2v) is 9.88. The molecule has 0 spiro atoms. The third-order valence-electron chi connectivity index (χ3n) is 7.65. The Labute approximate surface area is 182 Å². The molecule has 31 heavy (non-hydrogen) atoms. The van der Waals surface area contributed by atoms with Crippen molar-refractivity contribution in [1.82, 2.24) is 0 Å². The van der Waals surface area contributed by atoms with E-state index in [0.717, 1.165) is 0 Å². The molecule has 0 aromatic rings. The van der Waals surface area contributed by atoms with Crippen LogP contribution in [-0.2, 0) is 28.7 Å². The molecule has 0 heterocycles. The first-order chi connectivity index (χ1) is 14.3. The lowest BCUT2D eigenvalue weighted by atomic mass is 9.50. The van der Waals surface area contributed by atoms with Crippen molar-refractivity contribution >= 4 is 23.5 Å². The van der Waals surface area contributed by atoms with Crippen molar-refractivity contribution in [3.63, 3.8) is 0 Å². The van der Waals surface area contributed by atoms with Gasteiger partial charge in [-0.05, 0) is 31.3 Å². The number of esters is 2. The predicted molar refractivity (Wildman–Crippen MR) is 112 cm³/mol. The number of hydrogen-bond acceptors (Lipinski definition) is 7. The third kappa shape index (κ3) is 3.88. The molecular weight excluding hydrogens is 400 g/mol. The summed E-state index contributed by atoms with van der Waals surface area (Å²) in [4.78, 5) is 50.0. The molecule has 170 valence electrons. The number of ketones is 2. The molecule has 6 atom stereocenters. The highest BCUT2D eigenvalue weighted by molar-refractivity contribution is 6.11. The number of allylic oxidation sites excluding steroid dienone is 2. The number of aliphatic hydroxyl groups excluding tert-OH is 1. The van der Waals surface area contributed by atoms with Gasteiger partial charge >= 0.3 is 11.9 Å². The lowest BCUT2D eigenvalue weighted by Crippen LogP contribution is -2.62. The van der Waals surface area contributed by atoms with Gasteiger partial charge in [-0.1, -0.05) is 26.5 Å². The molecule has 2 bridgehead atoms. The van der Waals surface area contributed by atoms with Crippen LogP contribution in [0.1, 0.15) is 60.3 Å². The summed E-state index contributed by atoms with van der Waals surface area (Å²) in [5.41, 5.74) is -1.12. The Bertz CT molecular complexity index is 867. The number of aliphatic hydroxyl groups is 1. The van der Waals surface area contributed by atoms with E-state index in [1.165, 1.54) is 13.8 Å². The SMILES string of the molecule is C=C1C(=O)C2=C[C@H]1CCC(=O)[C@]1(C)C(OC(C)=O)C[C@H](OC(C)=O)C(C)(C)[C@H]1C[C@H]2O. The van der Waals surface area contributed by atoms with Gasteiger partial charge in [0.15, 0.2) is 5.78 Å². The Morgan fingerprint density at radius 3 is 2.23 bits per heavy atom. The molecule has 1 fully saturated rings. The molecule has 3 aliphatic carbocycles. The van der Waals surface area contributed by atoms with Crippen LogP contribution in [0.2, 0.25) is 0 Å². The second-order valence-electron chi connectivity index (χ2n) is 9.88. The lowest BCUT2D eigenvalue weighted by molar-refractivity contribution is -0.203. The van der Waals surface area contributed by atoms with Gasteiger partial charge in [-0.15, -0.1) is 0 Å². The van der Waals surface area contributed by atoms with Crippen molar-refractivity contribution in [3.05, 3.63) is 23.8 Å². The van der Waals surface area contributed by atoms with Gasteiger partial charge < -0.3 is 14.6 Å². The highest BCUT2D eigenvalue weighted by Crippen LogP contribution is 2.57. The maximum Gasteiger partial charge on any atom is 0.302 e. The van der Waals surface area contributed by atoms with Crippen LogP contribution >= 0.6 is 0 Å². The molecule has 7 nitrogen and oxygen atoms in total. The van der Waals surface area contributed by atoms with E-state index < -0.39 is 47.0 Å². The van der Waals surface area contributed by atoms with Crippen molar-refractivity contribution in [1.29, 1.82) is 0 Å². The average molecular weight is 433 g/mol. The zero-order valence-corrected chi connectivity index (χ0v) is 18.9. The van der Waals surface area contributed by atoms with E-state index in [-0.39, 0.29) is 36.7 Å². The first-order valence-corrected chi connectivity index (χ1v) is 10.8. The summed E-state index contributed by atoms with van der Waals surface area (Å²) in [5.74, 6) is -2.14. The molecule has 0 amide bonds. The van der Waals surface area contributed by atoms with E-state index in [1.54, 1.807) is 13.0 Å². The van der Waals surface area contributed by atoms with Crippen LogP contribution in [0.3, 0.4) is 0 Å². The summed E-state index contributed by atoms with van der Waals surface area (Å²) in [6, 6.07) is 0. The minimum Gasteiger partial charge on any atom is -0.462 e. The van der Waals surface area contributed by atoms with Crippen LogP contribution in [0, 0.1) is 22.7 Å². The Morgan fingerprint density at radius 2 is 1.65 bits per heavy atom. The molecule has 3 aliphatic rings. The number of hydrogen-bond donors (Lipinski definition) is 1. The second kappa shape index (κ2) is 8.01. The predicted octanol–water partition coefficient (Wildman–Crippen LogP) is 2.70. The standard InChI is InChI=1S/C24H32O7/c1-12-15-7-8-19(28)24(6)18(10-17(27)16(9-15)22(12)29)23(4,5)20(30-13(2)25)11-21(24)31-14(3)26/h9,15,17-18,20-21,27H,1,7-8,10-11H2,2-6H3/t15-,17-,18-,20+,21?,24-/m1/s1. The molecule has 1 unspecified atom stereocenters. The maximum atomic E-state index is 13.7. The molecule has 0 aliphatic heterocycles. The summed E-state index contributed by atoms with van der Waals surface area (Å²) in [7, 11) is 0. The molecule has 1 saturated carbocycles. The van der Waals surface area contributed by atoms with E-state index in [1.807, 2.05) is 13.8 Å². The number of ether oxygens (including phenoxy) is 2. The fourth-order valence-electron chi connectivity index (χ4n) is 5.83. The van der Waals surface area contributed by atoms with Gasteiger partial charge in [0.1, 0.15) is 18.0 Å². The number of Topliss-reactive ketones (excluding diaryl/α,β-unsaturated/α-hetero) is 2. The maximum absolute atomic E-state index is 13.7. The van der Waals surface area contributed by atoms with Gasteiger partial charge in [-0.2, -0.15) is 0 Å². The Balaban J connectivity index is 2.13. The topological polar surface area (TPSA) is 107 Å². The monoisotopic (exact) mass is 432 g/mol. The van der Waals surface area contributed by atoms with Crippen molar-refractivity contribution in [2.75, 3.05) is 0 Å². The Morgan fingerprint density at radius 1 is 1.06 bits per heavy atom. The van der Waals surface area contributed by atoms with E-state index in [9.17, 15) is 24.3 Å². The first kappa shape index (κ1) is 23.4. The molecule has 1 N–H and O–H groups in total. The van der Waals surface area contributed by atoms with Crippen LogP contribution in [0.5, 0.6) is 0 Å². The number of carbonyl (C=O) groups excluding carboxylic acids is 4. The van der Waals surface area contributed by atoms with Crippen molar-refractivity contribution in [2.45, 2.75) is 78.6 Å². The van der Waals surface area contributed by atoms with Crippen molar-refractivity contribution in [3.8, 4) is 0 Å². The fourth-order valence-corrected chi connectivity index (χ4v) is 5.83.